The zero-order valence-corrected chi connectivity index (χ0v) is 12.2. The van der Waals surface area contributed by atoms with Gasteiger partial charge in [-0.2, -0.15) is 5.10 Å². The van der Waals surface area contributed by atoms with Crippen molar-refractivity contribution < 1.29 is 14.4 Å². The Hall–Kier alpha value is -2.96. The van der Waals surface area contributed by atoms with Gasteiger partial charge in [0.25, 0.3) is 17.7 Å². The van der Waals surface area contributed by atoms with Crippen molar-refractivity contribution in [3.63, 3.8) is 0 Å². The molecule has 0 spiro atoms. The molecule has 0 saturated carbocycles. The normalized spacial score (nSPS) is 13.5. The summed E-state index contributed by atoms with van der Waals surface area (Å²) in [6.45, 7) is 2.60. The van der Waals surface area contributed by atoms with E-state index < -0.39 is 0 Å². The second-order valence-electron chi connectivity index (χ2n) is 4.94. The summed E-state index contributed by atoms with van der Waals surface area (Å²) in [5, 5.41) is 6.79. The smallest absolute Gasteiger partial charge is 0.276 e. The Morgan fingerprint density at radius 3 is 2.59 bits per heavy atom. The SMILES string of the molecule is CCn1ccc(C(=O)Nc2ccc3c(c2)C(=O)N(C)C3=O)n1. The van der Waals surface area contributed by atoms with Crippen molar-refractivity contribution in [2.24, 2.45) is 0 Å². The fraction of sp³-hybridized carbons (Fsp3) is 0.200. The van der Waals surface area contributed by atoms with Gasteiger partial charge in [-0.3, -0.25) is 24.0 Å². The van der Waals surface area contributed by atoms with Gasteiger partial charge in [0.05, 0.1) is 11.1 Å². The first-order chi connectivity index (χ1) is 10.5. The number of carbonyl (C=O) groups excluding carboxylic acids is 3. The molecule has 112 valence electrons. The van der Waals surface area contributed by atoms with Crippen molar-refractivity contribution in [3.05, 3.63) is 47.3 Å². The van der Waals surface area contributed by atoms with Crippen molar-refractivity contribution in [3.8, 4) is 0 Å². The molecule has 1 N–H and O–H groups in total. The van der Waals surface area contributed by atoms with Crippen molar-refractivity contribution in [1.29, 1.82) is 0 Å². The number of fused-ring (bicyclic) bond motifs is 1. The Balaban J connectivity index is 1.84. The molecule has 0 bridgehead atoms. The Bertz CT molecular complexity index is 794. The third kappa shape index (κ3) is 2.16. The number of imide groups is 1. The first kappa shape index (κ1) is 14.0. The Morgan fingerprint density at radius 1 is 1.18 bits per heavy atom. The minimum atomic E-state index is -0.369. The number of nitrogens with zero attached hydrogens (tertiary/aromatic N) is 3. The van der Waals surface area contributed by atoms with Gasteiger partial charge < -0.3 is 5.32 Å². The summed E-state index contributed by atoms with van der Waals surface area (Å²) in [6, 6.07) is 6.26. The van der Waals surface area contributed by atoms with Crippen LogP contribution in [0.1, 0.15) is 38.1 Å². The van der Waals surface area contributed by atoms with Gasteiger partial charge in [0.15, 0.2) is 5.69 Å². The van der Waals surface area contributed by atoms with Crippen LogP contribution < -0.4 is 5.32 Å². The van der Waals surface area contributed by atoms with Gasteiger partial charge in [-0.25, -0.2) is 0 Å². The molecule has 22 heavy (non-hydrogen) atoms. The lowest BCUT2D eigenvalue weighted by atomic mass is 10.1. The average Bonchev–Trinajstić information content (AvgIpc) is 3.08. The van der Waals surface area contributed by atoms with E-state index in [4.69, 9.17) is 0 Å². The lowest BCUT2D eigenvalue weighted by Gasteiger charge is -2.04. The summed E-state index contributed by atoms with van der Waals surface area (Å²) >= 11 is 0. The standard InChI is InChI=1S/C15H14N4O3/c1-3-19-7-6-12(17-19)13(20)16-9-4-5-10-11(8-9)15(22)18(2)14(10)21/h4-8H,3H2,1-2H3,(H,16,20). The summed E-state index contributed by atoms with van der Waals surface area (Å²) < 4.78 is 1.65. The molecule has 2 heterocycles. The Labute approximate surface area is 126 Å². The third-order valence-electron chi connectivity index (χ3n) is 3.54. The molecule has 0 aliphatic carbocycles. The first-order valence-electron chi connectivity index (χ1n) is 6.82. The molecular formula is C15H14N4O3. The number of benzene rings is 1. The van der Waals surface area contributed by atoms with E-state index in [1.165, 1.54) is 13.1 Å². The highest BCUT2D eigenvalue weighted by atomic mass is 16.2. The van der Waals surface area contributed by atoms with Crippen molar-refractivity contribution in [2.75, 3.05) is 12.4 Å². The predicted octanol–water partition coefficient (Wildman–Crippen LogP) is 1.38. The van der Waals surface area contributed by atoms with Crippen LogP contribution in [0.25, 0.3) is 0 Å². The molecular weight excluding hydrogens is 284 g/mol. The highest BCUT2D eigenvalue weighted by Crippen LogP contribution is 2.24. The van der Waals surface area contributed by atoms with E-state index in [1.54, 1.807) is 29.1 Å². The van der Waals surface area contributed by atoms with Crippen LogP contribution in [0.15, 0.2) is 30.5 Å². The minimum absolute atomic E-state index is 0.293. The molecule has 3 amide bonds. The molecule has 0 unspecified atom stereocenters. The maximum atomic E-state index is 12.1. The van der Waals surface area contributed by atoms with Crippen LogP contribution in [0.4, 0.5) is 5.69 Å². The van der Waals surface area contributed by atoms with E-state index in [1.807, 2.05) is 6.92 Å². The second kappa shape index (κ2) is 5.10. The summed E-state index contributed by atoms with van der Waals surface area (Å²) in [6.07, 6.45) is 1.72. The first-order valence-corrected chi connectivity index (χ1v) is 6.82. The van der Waals surface area contributed by atoms with Crippen molar-refractivity contribution >= 4 is 23.4 Å². The van der Waals surface area contributed by atoms with Crippen LogP contribution in [-0.2, 0) is 6.54 Å². The van der Waals surface area contributed by atoms with Gasteiger partial charge in [0.1, 0.15) is 0 Å². The number of carbonyl (C=O) groups is 3. The van der Waals surface area contributed by atoms with Gasteiger partial charge >= 0.3 is 0 Å². The maximum absolute atomic E-state index is 12.1. The molecule has 7 heteroatoms. The zero-order valence-electron chi connectivity index (χ0n) is 12.2. The number of hydrogen-bond donors (Lipinski definition) is 1. The molecule has 0 fully saturated rings. The number of anilines is 1. The lowest BCUT2D eigenvalue weighted by Crippen LogP contribution is -2.24. The summed E-state index contributed by atoms with van der Waals surface area (Å²) in [5.41, 5.74) is 1.39. The number of aryl methyl sites for hydroxylation is 1. The minimum Gasteiger partial charge on any atom is -0.321 e. The molecule has 0 radical (unpaired) electrons. The molecule has 1 aliphatic heterocycles. The monoisotopic (exact) mass is 298 g/mol. The van der Waals surface area contributed by atoms with Crippen LogP contribution in [0, 0.1) is 0 Å². The topological polar surface area (TPSA) is 84.3 Å². The largest absolute Gasteiger partial charge is 0.321 e. The summed E-state index contributed by atoms with van der Waals surface area (Å²) in [5.74, 6) is -1.07. The number of amides is 3. The van der Waals surface area contributed by atoms with Crippen molar-refractivity contribution in [2.45, 2.75) is 13.5 Å². The fourth-order valence-corrected chi connectivity index (χ4v) is 2.29. The fourth-order valence-electron chi connectivity index (χ4n) is 2.29. The lowest BCUT2D eigenvalue weighted by molar-refractivity contribution is 0.0692. The maximum Gasteiger partial charge on any atom is 0.276 e. The molecule has 7 nitrogen and oxygen atoms in total. The van der Waals surface area contributed by atoms with E-state index in [0.29, 0.717) is 29.1 Å². The van der Waals surface area contributed by atoms with Gasteiger partial charge in [-0.15, -0.1) is 0 Å². The Morgan fingerprint density at radius 2 is 1.91 bits per heavy atom. The van der Waals surface area contributed by atoms with Crippen LogP contribution >= 0.6 is 0 Å². The average molecular weight is 298 g/mol. The van der Waals surface area contributed by atoms with Gasteiger partial charge in [-0.1, -0.05) is 0 Å². The van der Waals surface area contributed by atoms with E-state index in [0.717, 1.165) is 4.90 Å². The van der Waals surface area contributed by atoms with E-state index in [9.17, 15) is 14.4 Å². The van der Waals surface area contributed by atoms with Gasteiger partial charge in [0.2, 0.25) is 0 Å². The summed E-state index contributed by atoms with van der Waals surface area (Å²) in [7, 11) is 1.43. The van der Waals surface area contributed by atoms with Crippen LogP contribution in [0.5, 0.6) is 0 Å². The van der Waals surface area contributed by atoms with Crippen LogP contribution in [-0.4, -0.2) is 39.4 Å². The molecule has 2 aromatic rings. The van der Waals surface area contributed by atoms with E-state index in [-0.39, 0.29) is 17.7 Å². The quantitative estimate of drug-likeness (QED) is 0.868. The van der Waals surface area contributed by atoms with Crippen LogP contribution in [0.2, 0.25) is 0 Å². The summed E-state index contributed by atoms with van der Waals surface area (Å²) in [4.78, 5) is 36.9. The molecule has 1 aliphatic rings. The predicted molar refractivity (Wildman–Crippen MR) is 78.7 cm³/mol. The number of aromatic nitrogens is 2. The molecule has 1 aromatic carbocycles. The van der Waals surface area contributed by atoms with Gasteiger partial charge in [-0.05, 0) is 31.2 Å². The van der Waals surface area contributed by atoms with Gasteiger partial charge in [0, 0.05) is 25.5 Å². The number of rotatable bonds is 3. The third-order valence-corrected chi connectivity index (χ3v) is 3.54. The second-order valence-corrected chi connectivity index (χ2v) is 4.94. The highest BCUT2D eigenvalue weighted by molar-refractivity contribution is 6.21. The van der Waals surface area contributed by atoms with Crippen molar-refractivity contribution in [1.82, 2.24) is 14.7 Å². The highest BCUT2D eigenvalue weighted by Gasteiger charge is 2.32. The van der Waals surface area contributed by atoms with E-state index in [2.05, 4.69) is 10.4 Å². The number of nitrogens with one attached hydrogen (secondary N) is 1. The molecule has 3 rings (SSSR count). The molecule has 0 atom stereocenters. The van der Waals surface area contributed by atoms with E-state index >= 15 is 0 Å². The van der Waals surface area contributed by atoms with Crippen LogP contribution in [0.3, 0.4) is 0 Å². The molecule has 1 aromatic heterocycles. The molecule has 0 saturated heterocycles. The number of hydrogen-bond acceptors (Lipinski definition) is 4. The zero-order chi connectivity index (χ0) is 15.9. The Kier molecular flexibility index (Phi) is 3.25.